The van der Waals surface area contributed by atoms with Gasteiger partial charge in [-0.2, -0.15) is 8.78 Å². The minimum absolute atomic E-state index is 0.927. The first-order valence-corrected chi connectivity index (χ1v) is 3.35. The van der Waals surface area contributed by atoms with Crippen LogP contribution in [-0.4, -0.2) is 24.3 Å². The Labute approximate surface area is 65.5 Å². The van der Waals surface area contributed by atoms with Crippen LogP contribution < -0.4 is 0 Å². The number of halogens is 5. The molecule has 1 aliphatic heterocycles. The van der Waals surface area contributed by atoms with Crippen molar-refractivity contribution in [2.45, 2.75) is 31.0 Å². The second kappa shape index (κ2) is 2.31. The van der Waals surface area contributed by atoms with Crippen molar-refractivity contribution >= 4 is 0 Å². The Morgan fingerprint density at radius 2 is 1.67 bits per heavy atom. The van der Waals surface area contributed by atoms with Crippen molar-refractivity contribution in [3.05, 3.63) is 0 Å². The lowest BCUT2D eigenvalue weighted by Gasteiger charge is -2.27. The smallest absolute Gasteiger partial charge is 0.311 e. The average Bonchev–Trinajstić information content (AvgIpc) is 2.12. The monoisotopic (exact) mass is 190 g/mol. The van der Waals surface area contributed by atoms with Gasteiger partial charge in [0.1, 0.15) is 6.61 Å². The summed E-state index contributed by atoms with van der Waals surface area (Å²) in [6.07, 6.45) is -5.36. The van der Waals surface area contributed by atoms with Crippen LogP contribution in [0.2, 0.25) is 0 Å². The van der Waals surface area contributed by atoms with E-state index in [2.05, 4.69) is 4.74 Å². The van der Waals surface area contributed by atoms with E-state index in [1.54, 1.807) is 0 Å². The van der Waals surface area contributed by atoms with Crippen LogP contribution in [0.1, 0.15) is 13.3 Å². The van der Waals surface area contributed by atoms with Crippen molar-refractivity contribution in [2.75, 3.05) is 6.61 Å². The van der Waals surface area contributed by atoms with Gasteiger partial charge in [0.05, 0.1) is 0 Å². The summed E-state index contributed by atoms with van der Waals surface area (Å²) in [4.78, 5) is 0. The van der Waals surface area contributed by atoms with E-state index in [1.165, 1.54) is 0 Å². The van der Waals surface area contributed by atoms with Gasteiger partial charge in [-0.25, -0.2) is 13.2 Å². The maximum atomic E-state index is 13.0. The van der Waals surface area contributed by atoms with Crippen molar-refractivity contribution in [2.24, 2.45) is 0 Å². The highest BCUT2D eigenvalue weighted by Gasteiger charge is 2.75. The van der Waals surface area contributed by atoms with Crippen molar-refractivity contribution in [3.63, 3.8) is 0 Å². The first-order chi connectivity index (χ1) is 5.27. The Hall–Kier alpha value is -0.390. The zero-order valence-corrected chi connectivity index (χ0v) is 6.21. The van der Waals surface area contributed by atoms with E-state index in [9.17, 15) is 22.0 Å². The lowest BCUT2D eigenvalue weighted by molar-refractivity contribution is -0.280. The lowest BCUT2D eigenvalue weighted by atomic mass is 9.96. The molecule has 1 saturated heterocycles. The molecule has 0 amide bonds. The highest BCUT2D eigenvalue weighted by molar-refractivity contribution is 5.04. The SMILES string of the molecule is CCC1(F)C(F)(F)COC1(F)F. The summed E-state index contributed by atoms with van der Waals surface area (Å²) >= 11 is 0. The molecule has 0 bridgehead atoms. The summed E-state index contributed by atoms with van der Waals surface area (Å²) in [6, 6.07) is 0. The van der Waals surface area contributed by atoms with Gasteiger partial charge in [-0.3, -0.25) is 0 Å². The number of hydrogen-bond donors (Lipinski definition) is 0. The predicted molar refractivity (Wildman–Crippen MR) is 30.0 cm³/mol. The van der Waals surface area contributed by atoms with Crippen LogP contribution in [0, 0.1) is 0 Å². The van der Waals surface area contributed by atoms with E-state index >= 15 is 0 Å². The van der Waals surface area contributed by atoms with E-state index in [0.717, 1.165) is 6.92 Å². The average molecular weight is 190 g/mol. The summed E-state index contributed by atoms with van der Waals surface area (Å²) in [5.41, 5.74) is -3.86. The van der Waals surface area contributed by atoms with Gasteiger partial charge >= 0.3 is 12.0 Å². The van der Waals surface area contributed by atoms with Gasteiger partial charge < -0.3 is 4.74 Å². The molecule has 1 rings (SSSR count). The molecule has 0 aromatic carbocycles. The second-order valence-electron chi connectivity index (χ2n) is 2.66. The van der Waals surface area contributed by atoms with Crippen molar-refractivity contribution in [1.82, 2.24) is 0 Å². The molecule has 72 valence electrons. The van der Waals surface area contributed by atoms with E-state index < -0.39 is 30.7 Å². The van der Waals surface area contributed by atoms with E-state index in [-0.39, 0.29) is 0 Å². The summed E-state index contributed by atoms with van der Waals surface area (Å²) in [5, 5.41) is 0. The molecule has 0 N–H and O–H groups in total. The summed E-state index contributed by atoms with van der Waals surface area (Å²) in [7, 11) is 0. The standard InChI is InChI=1S/C6H7F5O/c1-2-4(7)5(8,9)3-12-6(4,10)11/h2-3H2,1H3. The van der Waals surface area contributed by atoms with Gasteiger partial charge in [0.15, 0.2) is 0 Å². The van der Waals surface area contributed by atoms with Crippen LogP contribution in [0.15, 0.2) is 0 Å². The van der Waals surface area contributed by atoms with Gasteiger partial charge in [-0.1, -0.05) is 6.92 Å². The molecule has 1 atom stereocenters. The van der Waals surface area contributed by atoms with Crippen LogP contribution in [-0.2, 0) is 4.74 Å². The number of ether oxygens (including phenoxy) is 1. The Balaban J connectivity index is 3.04. The molecular weight excluding hydrogens is 183 g/mol. The fourth-order valence-electron chi connectivity index (χ4n) is 1.09. The highest BCUT2D eigenvalue weighted by Crippen LogP contribution is 2.52. The van der Waals surface area contributed by atoms with Crippen LogP contribution in [0.3, 0.4) is 0 Å². The fraction of sp³-hybridized carbons (Fsp3) is 1.00. The minimum Gasteiger partial charge on any atom is -0.311 e. The van der Waals surface area contributed by atoms with Gasteiger partial charge in [0.25, 0.3) is 5.67 Å². The molecule has 1 nitrogen and oxygen atoms in total. The molecule has 1 fully saturated rings. The Morgan fingerprint density at radius 3 is 1.83 bits per heavy atom. The maximum Gasteiger partial charge on any atom is 0.396 e. The molecule has 0 saturated carbocycles. The molecule has 0 aromatic rings. The quantitative estimate of drug-likeness (QED) is 0.576. The lowest BCUT2D eigenvalue weighted by Crippen LogP contribution is -2.50. The van der Waals surface area contributed by atoms with Gasteiger partial charge in [-0.05, 0) is 6.42 Å². The van der Waals surface area contributed by atoms with E-state index in [4.69, 9.17) is 0 Å². The van der Waals surface area contributed by atoms with Crippen LogP contribution in [0.5, 0.6) is 0 Å². The highest BCUT2D eigenvalue weighted by atomic mass is 19.3. The van der Waals surface area contributed by atoms with E-state index in [1.807, 2.05) is 0 Å². The van der Waals surface area contributed by atoms with Crippen LogP contribution in [0.25, 0.3) is 0 Å². The van der Waals surface area contributed by atoms with Crippen molar-refractivity contribution in [3.8, 4) is 0 Å². The molecule has 12 heavy (non-hydrogen) atoms. The molecule has 0 spiro atoms. The predicted octanol–water partition coefficient (Wildman–Crippen LogP) is 2.36. The summed E-state index contributed by atoms with van der Waals surface area (Å²) < 4.78 is 66.2. The second-order valence-corrected chi connectivity index (χ2v) is 2.66. The van der Waals surface area contributed by atoms with Gasteiger partial charge in [0.2, 0.25) is 0 Å². The summed E-state index contributed by atoms with van der Waals surface area (Å²) in [5.74, 6) is -4.11. The minimum atomic E-state index is -4.38. The zero-order valence-electron chi connectivity index (χ0n) is 6.21. The molecule has 0 radical (unpaired) electrons. The molecule has 1 heterocycles. The van der Waals surface area contributed by atoms with Gasteiger partial charge in [0, 0.05) is 0 Å². The largest absolute Gasteiger partial charge is 0.396 e. The maximum absolute atomic E-state index is 13.0. The number of hydrogen-bond acceptors (Lipinski definition) is 1. The first-order valence-electron chi connectivity index (χ1n) is 3.35. The van der Waals surface area contributed by atoms with Crippen molar-refractivity contribution in [1.29, 1.82) is 0 Å². The van der Waals surface area contributed by atoms with Crippen molar-refractivity contribution < 1.29 is 26.7 Å². The normalized spacial score (nSPS) is 38.5. The first kappa shape index (κ1) is 9.70. The van der Waals surface area contributed by atoms with Gasteiger partial charge in [-0.15, -0.1) is 0 Å². The zero-order chi connectivity index (χ0) is 9.62. The topological polar surface area (TPSA) is 9.23 Å². The summed E-state index contributed by atoms with van der Waals surface area (Å²) in [6.45, 7) is -0.638. The molecule has 1 unspecified atom stereocenters. The Morgan fingerprint density at radius 1 is 1.17 bits per heavy atom. The molecule has 6 heteroatoms. The molecular formula is C6H7F5O. The Bertz CT molecular complexity index is 174. The number of alkyl halides is 5. The third-order valence-electron chi connectivity index (χ3n) is 1.96. The van der Waals surface area contributed by atoms with E-state index in [0.29, 0.717) is 0 Å². The fourth-order valence-corrected chi connectivity index (χ4v) is 1.09. The third-order valence-corrected chi connectivity index (χ3v) is 1.96. The molecule has 0 aliphatic carbocycles. The molecule has 1 aliphatic rings. The molecule has 0 aromatic heterocycles. The third kappa shape index (κ3) is 0.935. The number of rotatable bonds is 1. The van der Waals surface area contributed by atoms with Crippen LogP contribution >= 0.6 is 0 Å². The Kier molecular flexibility index (Phi) is 1.86. The van der Waals surface area contributed by atoms with Crippen LogP contribution in [0.4, 0.5) is 22.0 Å².